The van der Waals surface area contributed by atoms with E-state index in [1.54, 1.807) is 0 Å². The van der Waals surface area contributed by atoms with Gasteiger partial charge >= 0.3 is 0 Å². The van der Waals surface area contributed by atoms with Crippen LogP contribution in [0.15, 0.2) is 24.3 Å². The molecule has 4 heteroatoms. The summed E-state index contributed by atoms with van der Waals surface area (Å²) in [4.78, 5) is 0. The molecule has 1 unspecified atom stereocenters. The molecule has 15 heavy (non-hydrogen) atoms. The number of rotatable bonds is 5. The van der Waals surface area contributed by atoms with Crippen LogP contribution in [-0.2, 0) is 4.74 Å². The van der Waals surface area contributed by atoms with E-state index in [9.17, 15) is 8.78 Å². The van der Waals surface area contributed by atoms with Gasteiger partial charge in [-0.1, -0.05) is 29.8 Å². The molecule has 0 saturated carbocycles. The Balaban J connectivity index is 2.43. The molecule has 0 fully saturated rings. The Kier molecular flexibility index (Phi) is 4.65. The second-order valence-corrected chi connectivity index (χ2v) is 3.45. The third-order valence-corrected chi connectivity index (χ3v) is 2.01. The van der Waals surface area contributed by atoms with Crippen molar-refractivity contribution in [1.82, 2.24) is 0 Å². The highest BCUT2D eigenvalue weighted by molar-refractivity contribution is 5.24. The van der Waals surface area contributed by atoms with Crippen LogP contribution < -0.4 is 5.73 Å². The third-order valence-electron chi connectivity index (χ3n) is 2.01. The molecule has 0 spiro atoms. The molecule has 0 aliphatic rings. The van der Waals surface area contributed by atoms with Gasteiger partial charge in [0.05, 0.1) is 12.6 Å². The normalized spacial score (nSPS) is 13.1. The fourth-order valence-corrected chi connectivity index (χ4v) is 1.28. The summed E-state index contributed by atoms with van der Waals surface area (Å²) in [5, 5.41) is 0. The molecule has 1 rings (SSSR count). The van der Waals surface area contributed by atoms with Crippen molar-refractivity contribution in [2.45, 2.75) is 19.4 Å². The minimum Gasteiger partial charge on any atom is -0.374 e. The molecule has 0 aromatic heterocycles. The van der Waals surface area contributed by atoms with Crippen LogP contribution in [0.4, 0.5) is 8.78 Å². The van der Waals surface area contributed by atoms with Crippen molar-refractivity contribution in [3.8, 4) is 0 Å². The second-order valence-electron chi connectivity index (χ2n) is 3.45. The minimum absolute atomic E-state index is 0.119. The maximum Gasteiger partial charge on any atom is 0.261 e. The van der Waals surface area contributed by atoms with Gasteiger partial charge in [0, 0.05) is 0 Å². The van der Waals surface area contributed by atoms with Crippen LogP contribution in [-0.4, -0.2) is 19.6 Å². The number of hydrogen-bond acceptors (Lipinski definition) is 2. The molecule has 1 aromatic carbocycles. The zero-order valence-electron chi connectivity index (χ0n) is 8.62. The van der Waals surface area contributed by atoms with Gasteiger partial charge in [-0.05, 0) is 12.5 Å². The lowest BCUT2D eigenvalue weighted by molar-refractivity contribution is 0.0125. The molecule has 1 atom stereocenters. The van der Waals surface area contributed by atoms with Crippen LogP contribution in [0.5, 0.6) is 0 Å². The SMILES string of the molecule is Cc1cccc(C(N)COCC(F)F)c1. The fraction of sp³-hybridized carbons (Fsp3) is 0.455. The Hall–Kier alpha value is -1.00. The summed E-state index contributed by atoms with van der Waals surface area (Å²) in [5.41, 5.74) is 7.78. The molecular weight excluding hydrogens is 200 g/mol. The van der Waals surface area contributed by atoms with Gasteiger partial charge in [-0.3, -0.25) is 0 Å². The average molecular weight is 215 g/mol. The summed E-state index contributed by atoms with van der Waals surface area (Å²) in [6.07, 6.45) is -2.44. The van der Waals surface area contributed by atoms with Gasteiger partial charge in [0.2, 0.25) is 0 Å². The molecule has 0 amide bonds. The first-order valence-electron chi connectivity index (χ1n) is 4.77. The van der Waals surface area contributed by atoms with Gasteiger partial charge in [0.15, 0.2) is 0 Å². The zero-order chi connectivity index (χ0) is 11.3. The standard InChI is InChI=1S/C11H15F2NO/c1-8-3-2-4-9(5-8)10(14)6-15-7-11(12)13/h2-5,10-11H,6-7,14H2,1H3. The van der Waals surface area contributed by atoms with Crippen molar-refractivity contribution in [2.24, 2.45) is 5.73 Å². The van der Waals surface area contributed by atoms with Crippen molar-refractivity contribution < 1.29 is 13.5 Å². The molecule has 2 nitrogen and oxygen atoms in total. The predicted molar refractivity (Wildman–Crippen MR) is 54.9 cm³/mol. The highest BCUT2D eigenvalue weighted by Gasteiger charge is 2.08. The van der Waals surface area contributed by atoms with E-state index in [0.29, 0.717) is 0 Å². The van der Waals surface area contributed by atoms with E-state index in [1.165, 1.54) is 0 Å². The number of aryl methyl sites for hydroxylation is 1. The number of alkyl halides is 2. The zero-order valence-corrected chi connectivity index (χ0v) is 8.62. The summed E-state index contributed by atoms with van der Waals surface area (Å²) in [7, 11) is 0. The molecule has 0 heterocycles. The third kappa shape index (κ3) is 4.36. The van der Waals surface area contributed by atoms with Gasteiger partial charge in [0.25, 0.3) is 6.43 Å². The summed E-state index contributed by atoms with van der Waals surface area (Å²) >= 11 is 0. The summed E-state index contributed by atoms with van der Waals surface area (Å²) in [5.74, 6) is 0. The minimum atomic E-state index is -2.44. The second kappa shape index (κ2) is 5.78. The van der Waals surface area contributed by atoms with Crippen LogP contribution in [0.25, 0.3) is 0 Å². The first-order valence-corrected chi connectivity index (χ1v) is 4.77. The Morgan fingerprint density at radius 1 is 1.33 bits per heavy atom. The number of halogens is 2. The Morgan fingerprint density at radius 2 is 2.07 bits per heavy atom. The summed E-state index contributed by atoms with van der Waals surface area (Å²) < 4.78 is 28.3. The van der Waals surface area contributed by atoms with Crippen LogP contribution in [0.2, 0.25) is 0 Å². The van der Waals surface area contributed by atoms with Gasteiger partial charge in [-0.15, -0.1) is 0 Å². The molecule has 0 aliphatic carbocycles. The monoisotopic (exact) mass is 215 g/mol. The quantitative estimate of drug-likeness (QED) is 0.817. The van der Waals surface area contributed by atoms with Crippen LogP contribution in [0.3, 0.4) is 0 Å². The Labute approximate surface area is 88.0 Å². The molecule has 0 aliphatic heterocycles. The van der Waals surface area contributed by atoms with E-state index in [-0.39, 0.29) is 12.6 Å². The van der Waals surface area contributed by atoms with Crippen molar-refractivity contribution in [3.05, 3.63) is 35.4 Å². The lowest BCUT2D eigenvalue weighted by Crippen LogP contribution is -2.19. The molecular formula is C11H15F2NO. The maximum absolute atomic E-state index is 11.8. The van der Waals surface area contributed by atoms with Crippen molar-refractivity contribution >= 4 is 0 Å². The average Bonchev–Trinajstić information content (AvgIpc) is 2.17. The Bertz CT molecular complexity index is 304. The lowest BCUT2D eigenvalue weighted by Gasteiger charge is -2.12. The predicted octanol–water partition coefficient (Wildman–Crippen LogP) is 2.28. The van der Waals surface area contributed by atoms with E-state index in [2.05, 4.69) is 0 Å². The highest BCUT2D eigenvalue weighted by atomic mass is 19.3. The van der Waals surface area contributed by atoms with E-state index in [1.807, 2.05) is 31.2 Å². The molecule has 0 saturated heterocycles. The van der Waals surface area contributed by atoms with Crippen molar-refractivity contribution in [3.63, 3.8) is 0 Å². The molecule has 0 bridgehead atoms. The van der Waals surface area contributed by atoms with Gasteiger partial charge in [0.1, 0.15) is 6.61 Å². The Morgan fingerprint density at radius 3 is 2.67 bits per heavy atom. The van der Waals surface area contributed by atoms with Crippen molar-refractivity contribution in [2.75, 3.05) is 13.2 Å². The molecule has 2 N–H and O–H groups in total. The lowest BCUT2D eigenvalue weighted by atomic mass is 10.1. The van der Waals surface area contributed by atoms with Gasteiger partial charge in [-0.2, -0.15) is 0 Å². The number of hydrogen-bond donors (Lipinski definition) is 1. The van der Waals surface area contributed by atoms with E-state index < -0.39 is 13.0 Å². The van der Waals surface area contributed by atoms with Gasteiger partial charge in [-0.25, -0.2) is 8.78 Å². The number of nitrogens with two attached hydrogens (primary N) is 1. The summed E-state index contributed by atoms with van der Waals surface area (Å²) in [6, 6.07) is 7.29. The van der Waals surface area contributed by atoms with Crippen molar-refractivity contribution in [1.29, 1.82) is 0 Å². The largest absolute Gasteiger partial charge is 0.374 e. The summed E-state index contributed by atoms with van der Waals surface area (Å²) in [6.45, 7) is 1.52. The first kappa shape index (κ1) is 12.1. The van der Waals surface area contributed by atoms with E-state index in [0.717, 1.165) is 11.1 Å². The number of benzene rings is 1. The number of ether oxygens (including phenoxy) is 1. The van der Waals surface area contributed by atoms with Crippen LogP contribution in [0, 0.1) is 6.92 Å². The fourth-order valence-electron chi connectivity index (χ4n) is 1.28. The first-order chi connectivity index (χ1) is 7.09. The molecule has 84 valence electrons. The smallest absolute Gasteiger partial charge is 0.261 e. The molecule has 1 aromatic rings. The maximum atomic E-state index is 11.8. The van der Waals surface area contributed by atoms with Crippen LogP contribution >= 0.6 is 0 Å². The van der Waals surface area contributed by atoms with Crippen LogP contribution in [0.1, 0.15) is 17.2 Å². The highest BCUT2D eigenvalue weighted by Crippen LogP contribution is 2.12. The van der Waals surface area contributed by atoms with Gasteiger partial charge < -0.3 is 10.5 Å². The van der Waals surface area contributed by atoms with E-state index >= 15 is 0 Å². The molecule has 0 radical (unpaired) electrons. The topological polar surface area (TPSA) is 35.2 Å². The van der Waals surface area contributed by atoms with E-state index in [4.69, 9.17) is 10.5 Å².